The van der Waals surface area contributed by atoms with Gasteiger partial charge in [-0.1, -0.05) is 23.7 Å². The largest absolute Gasteiger partial charge is 0.484 e. The third-order valence-electron chi connectivity index (χ3n) is 3.79. The minimum absolute atomic E-state index is 0.170. The van der Waals surface area contributed by atoms with E-state index in [9.17, 15) is 14.9 Å². The van der Waals surface area contributed by atoms with Crippen molar-refractivity contribution in [1.29, 1.82) is 0 Å². The fourth-order valence-corrected chi connectivity index (χ4v) is 2.65. The summed E-state index contributed by atoms with van der Waals surface area (Å²) in [6.45, 7) is 1.73. The zero-order valence-electron chi connectivity index (χ0n) is 15.3. The minimum atomic E-state index is -0.536. The number of benzene rings is 2. The molecule has 0 aliphatic heterocycles. The lowest BCUT2D eigenvalue weighted by atomic mass is 10.1. The number of nitro groups is 1. The molecule has 0 bridgehead atoms. The maximum atomic E-state index is 11.8. The first-order valence-corrected chi connectivity index (χ1v) is 8.85. The maximum Gasteiger partial charge on any atom is 0.281 e. The zero-order valence-corrected chi connectivity index (χ0v) is 16.1. The fourth-order valence-electron chi connectivity index (χ4n) is 2.49. The summed E-state index contributed by atoms with van der Waals surface area (Å²) in [6.07, 6.45) is 1.29. The van der Waals surface area contributed by atoms with Crippen LogP contribution in [0.4, 0.5) is 5.69 Å². The summed E-state index contributed by atoms with van der Waals surface area (Å²) >= 11 is 5.82. The molecule has 0 spiro atoms. The predicted molar refractivity (Wildman–Crippen MR) is 108 cm³/mol. The number of nitrogens with zero attached hydrogens (tertiary/aromatic N) is 2. The van der Waals surface area contributed by atoms with Gasteiger partial charge in [-0.2, -0.15) is 5.10 Å². The van der Waals surface area contributed by atoms with Crippen molar-refractivity contribution in [2.24, 2.45) is 5.10 Å². The van der Waals surface area contributed by atoms with Crippen LogP contribution in [0.25, 0.3) is 11.3 Å². The number of furan rings is 1. The number of nitrogens with one attached hydrogen (secondary N) is 1. The van der Waals surface area contributed by atoms with Crippen molar-refractivity contribution in [3.63, 3.8) is 0 Å². The molecule has 0 aliphatic rings. The lowest BCUT2D eigenvalue weighted by Crippen LogP contribution is -2.24. The summed E-state index contributed by atoms with van der Waals surface area (Å²) < 4.78 is 10.9. The van der Waals surface area contributed by atoms with Gasteiger partial charge in [-0.05, 0) is 48.9 Å². The molecule has 8 nitrogen and oxygen atoms in total. The van der Waals surface area contributed by atoms with E-state index in [0.29, 0.717) is 11.5 Å². The van der Waals surface area contributed by atoms with Crippen LogP contribution in [0.3, 0.4) is 0 Å². The Bertz CT molecular complexity index is 1080. The first-order chi connectivity index (χ1) is 13.9. The highest BCUT2D eigenvalue weighted by atomic mass is 35.5. The summed E-state index contributed by atoms with van der Waals surface area (Å²) in [4.78, 5) is 22.5. The van der Waals surface area contributed by atoms with Crippen molar-refractivity contribution >= 4 is 29.4 Å². The SMILES string of the molecule is Cc1cccc(OCC(=O)N/N=C\c2ccc(-c3ccc(Cl)cc3[N+](=O)[O-])o2)c1. The summed E-state index contributed by atoms with van der Waals surface area (Å²) in [5.74, 6) is 0.736. The van der Waals surface area contributed by atoms with Crippen LogP contribution in [-0.4, -0.2) is 23.7 Å². The van der Waals surface area contributed by atoms with Gasteiger partial charge in [0, 0.05) is 11.1 Å². The Hall–Kier alpha value is -3.65. The van der Waals surface area contributed by atoms with Crippen LogP contribution in [0.1, 0.15) is 11.3 Å². The van der Waals surface area contributed by atoms with Crippen LogP contribution < -0.4 is 10.2 Å². The van der Waals surface area contributed by atoms with Crippen LogP contribution in [0.2, 0.25) is 5.02 Å². The minimum Gasteiger partial charge on any atom is -0.484 e. The van der Waals surface area contributed by atoms with Crippen molar-refractivity contribution in [3.8, 4) is 17.1 Å². The van der Waals surface area contributed by atoms with E-state index >= 15 is 0 Å². The molecule has 0 saturated heterocycles. The highest BCUT2D eigenvalue weighted by molar-refractivity contribution is 6.30. The van der Waals surface area contributed by atoms with E-state index in [-0.39, 0.29) is 28.6 Å². The van der Waals surface area contributed by atoms with Crippen LogP contribution in [-0.2, 0) is 4.79 Å². The van der Waals surface area contributed by atoms with Crippen molar-refractivity contribution in [3.05, 3.63) is 81.1 Å². The average molecular weight is 414 g/mol. The Labute approximate surface area is 170 Å². The van der Waals surface area contributed by atoms with E-state index in [4.69, 9.17) is 20.8 Å². The Balaban J connectivity index is 1.59. The molecule has 9 heteroatoms. The molecule has 1 amide bonds. The molecule has 3 rings (SSSR count). The molecular weight excluding hydrogens is 398 g/mol. The number of carbonyl (C=O) groups is 1. The molecule has 2 aromatic carbocycles. The topological polar surface area (TPSA) is 107 Å². The Morgan fingerprint density at radius 3 is 2.86 bits per heavy atom. The fraction of sp³-hybridized carbons (Fsp3) is 0.100. The first-order valence-electron chi connectivity index (χ1n) is 8.48. The summed E-state index contributed by atoms with van der Waals surface area (Å²) in [6, 6.07) is 14.8. The number of amides is 1. The number of ether oxygens (including phenoxy) is 1. The summed E-state index contributed by atoms with van der Waals surface area (Å²) in [5.41, 5.74) is 3.46. The van der Waals surface area contributed by atoms with E-state index in [1.54, 1.807) is 18.2 Å². The zero-order chi connectivity index (χ0) is 20.8. The molecule has 0 fully saturated rings. The second-order valence-corrected chi connectivity index (χ2v) is 6.46. The van der Waals surface area contributed by atoms with Gasteiger partial charge in [-0.15, -0.1) is 0 Å². The Morgan fingerprint density at radius 2 is 2.10 bits per heavy atom. The van der Waals surface area contributed by atoms with E-state index < -0.39 is 10.8 Å². The predicted octanol–water partition coefficient (Wildman–Crippen LogP) is 4.35. The van der Waals surface area contributed by atoms with Crippen molar-refractivity contribution in [2.75, 3.05) is 6.61 Å². The van der Waals surface area contributed by atoms with Crippen molar-refractivity contribution < 1.29 is 18.9 Å². The molecule has 1 N–H and O–H groups in total. The molecule has 0 aliphatic carbocycles. The molecule has 1 heterocycles. The molecular formula is C20H16ClN3O5. The third kappa shape index (κ3) is 5.43. The number of hydrogen-bond donors (Lipinski definition) is 1. The quantitative estimate of drug-likeness (QED) is 0.352. The Morgan fingerprint density at radius 1 is 1.28 bits per heavy atom. The molecule has 1 aromatic heterocycles. The van der Waals surface area contributed by atoms with E-state index in [1.807, 2.05) is 25.1 Å². The van der Waals surface area contributed by atoms with Gasteiger partial charge in [-0.25, -0.2) is 5.43 Å². The second-order valence-electron chi connectivity index (χ2n) is 6.02. The first kappa shape index (κ1) is 20.1. The van der Waals surface area contributed by atoms with Crippen LogP contribution >= 0.6 is 11.6 Å². The number of rotatable bonds is 7. The Kier molecular flexibility index (Phi) is 6.25. The standard InChI is InChI=1S/C20H16ClN3O5/c1-13-3-2-4-15(9-13)28-12-20(25)23-22-11-16-6-8-19(29-16)17-7-5-14(21)10-18(17)24(26)27/h2-11H,12H2,1H3,(H,23,25)/b22-11-. The van der Waals surface area contributed by atoms with Gasteiger partial charge < -0.3 is 9.15 Å². The maximum absolute atomic E-state index is 11.8. The normalized spacial score (nSPS) is 10.8. The van der Waals surface area contributed by atoms with Crippen molar-refractivity contribution in [1.82, 2.24) is 5.43 Å². The van der Waals surface area contributed by atoms with Crippen LogP contribution in [0.15, 0.2) is 64.1 Å². The van der Waals surface area contributed by atoms with Gasteiger partial charge in [-0.3, -0.25) is 14.9 Å². The smallest absolute Gasteiger partial charge is 0.281 e. The van der Waals surface area contributed by atoms with E-state index in [0.717, 1.165) is 5.56 Å². The van der Waals surface area contributed by atoms with Gasteiger partial charge in [0.2, 0.25) is 0 Å². The van der Waals surface area contributed by atoms with Crippen molar-refractivity contribution in [2.45, 2.75) is 6.92 Å². The van der Waals surface area contributed by atoms with Gasteiger partial charge in [0.15, 0.2) is 6.61 Å². The highest BCUT2D eigenvalue weighted by Crippen LogP contribution is 2.33. The lowest BCUT2D eigenvalue weighted by Gasteiger charge is -2.05. The molecule has 0 saturated carbocycles. The average Bonchev–Trinajstić information content (AvgIpc) is 3.15. The van der Waals surface area contributed by atoms with Gasteiger partial charge >= 0.3 is 0 Å². The number of halogens is 1. The number of hydrogen-bond acceptors (Lipinski definition) is 6. The third-order valence-corrected chi connectivity index (χ3v) is 4.02. The monoisotopic (exact) mass is 413 g/mol. The molecule has 0 atom stereocenters. The second kappa shape index (κ2) is 9.03. The van der Waals surface area contributed by atoms with E-state index in [2.05, 4.69) is 10.5 Å². The lowest BCUT2D eigenvalue weighted by molar-refractivity contribution is -0.384. The van der Waals surface area contributed by atoms with Crippen LogP contribution in [0, 0.1) is 17.0 Å². The number of carbonyl (C=O) groups excluding carboxylic acids is 1. The van der Waals surface area contributed by atoms with E-state index in [1.165, 1.54) is 24.4 Å². The van der Waals surface area contributed by atoms with Gasteiger partial charge in [0.25, 0.3) is 11.6 Å². The molecule has 148 valence electrons. The molecule has 29 heavy (non-hydrogen) atoms. The summed E-state index contributed by atoms with van der Waals surface area (Å²) in [7, 11) is 0. The molecule has 0 radical (unpaired) electrons. The number of hydrazone groups is 1. The molecule has 0 unspecified atom stereocenters. The summed E-state index contributed by atoms with van der Waals surface area (Å²) in [5, 5.41) is 15.3. The van der Waals surface area contributed by atoms with Gasteiger partial charge in [0.05, 0.1) is 16.7 Å². The van der Waals surface area contributed by atoms with Crippen LogP contribution in [0.5, 0.6) is 5.75 Å². The number of aryl methyl sites for hydroxylation is 1. The van der Waals surface area contributed by atoms with Gasteiger partial charge in [0.1, 0.15) is 17.3 Å². The number of nitro benzene ring substituents is 1. The highest BCUT2D eigenvalue weighted by Gasteiger charge is 2.18. The molecule has 3 aromatic rings.